The minimum atomic E-state index is -0.746. The molecule has 0 aromatic carbocycles. The van der Waals surface area contributed by atoms with Gasteiger partial charge >= 0.3 is 145 Å². The average molecular weight is 494 g/mol. The summed E-state index contributed by atoms with van der Waals surface area (Å²) >= 11 is -1.45. The summed E-state index contributed by atoms with van der Waals surface area (Å²) in [7, 11) is 0. The van der Waals surface area contributed by atoms with Crippen molar-refractivity contribution >= 4 is 39.5 Å². The molecule has 0 heterocycles. The molecule has 0 aromatic rings. The first-order valence-corrected chi connectivity index (χ1v) is 24.2. The van der Waals surface area contributed by atoms with Crippen molar-refractivity contribution in [3.05, 3.63) is 0 Å². The fourth-order valence-corrected chi connectivity index (χ4v) is 10.1. The van der Waals surface area contributed by atoms with Gasteiger partial charge in [0.2, 0.25) is 0 Å². The first kappa shape index (κ1) is 21.6. The van der Waals surface area contributed by atoms with Crippen LogP contribution in [-0.4, -0.2) is 39.5 Å². The van der Waals surface area contributed by atoms with Crippen LogP contribution in [0.25, 0.3) is 0 Å². The van der Waals surface area contributed by atoms with Crippen molar-refractivity contribution in [3.63, 3.8) is 0 Å². The van der Waals surface area contributed by atoms with E-state index in [0.717, 1.165) is 0 Å². The molecule has 1 aliphatic carbocycles. The van der Waals surface area contributed by atoms with Crippen molar-refractivity contribution in [1.82, 2.24) is 0 Å². The van der Waals surface area contributed by atoms with Crippen LogP contribution >= 0.6 is 0 Å². The second-order valence-corrected chi connectivity index (χ2v) is 23.9. The normalized spacial score (nSPS) is 15.4. The van der Waals surface area contributed by atoms with Gasteiger partial charge in [0, 0.05) is 0 Å². The Morgan fingerprint density at radius 1 is 0.750 bits per heavy atom. The van der Waals surface area contributed by atoms with E-state index in [-0.39, 0.29) is 0 Å². The van der Waals surface area contributed by atoms with Gasteiger partial charge in [-0.1, -0.05) is 0 Å². The molecule has 0 N–H and O–H groups in total. The summed E-state index contributed by atoms with van der Waals surface area (Å²) in [6.45, 7) is 2.28. The first-order chi connectivity index (χ1) is 9.57. The third-order valence-electron chi connectivity index (χ3n) is 4.45. The molecule has 0 spiro atoms. The van der Waals surface area contributed by atoms with Crippen molar-refractivity contribution in [3.8, 4) is 0 Å². The Bertz CT molecular complexity index is 184. The molecule has 0 amide bonds. The van der Waals surface area contributed by atoms with Crippen LogP contribution < -0.4 is 0 Å². The van der Waals surface area contributed by atoms with Gasteiger partial charge in [-0.15, -0.1) is 0 Å². The van der Waals surface area contributed by atoms with Gasteiger partial charge in [-0.2, -0.15) is 0 Å². The third kappa shape index (κ3) is 14.5. The Kier molecular flexibility index (Phi) is 16.7. The van der Waals surface area contributed by atoms with Crippen molar-refractivity contribution in [2.24, 2.45) is 0 Å². The fraction of sp³-hybridized carbons (Fsp3) is 1.00. The second-order valence-electron chi connectivity index (χ2n) is 7.14. The molecular weight excluding hydrogens is 454 g/mol. The number of rotatable bonds is 8. The monoisotopic (exact) mass is 496 g/mol. The third-order valence-corrected chi connectivity index (χ3v) is 14.6. The van der Waals surface area contributed by atoms with E-state index >= 15 is 0 Å². The molecule has 1 aliphatic rings. The molecule has 0 nitrogen and oxygen atoms in total. The topological polar surface area (TPSA) is 0 Å². The van der Waals surface area contributed by atoms with Crippen molar-refractivity contribution in [2.45, 2.75) is 106 Å². The molecule has 0 aliphatic heterocycles. The van der Waals surface area contributed by atoms with Crippen LogP contribution in [0.5, 0.6) is 0 Å². The summed E-state index contributed by atoms with van der Waals surface area (Å²) in [5.74, 6) is 0. The van der Waals surface area contributed by atoms with Crippen LogP contribution in [0.1, 0.15) is 77.6 Å². The maximum atomic E-state index is 2.55. The van der Waals surface area contributed by atoms with E-state index in [0.29, 0.717) is 0 Å². The van der Waals surface area contributed by atoms with Gasteiger partial charge in [0.25, 0.3) is 0 Å². The summed E-state index contributed by atoms with van der Waals surface area (Å²) in [6.07, 6.45) is 16.6. The minimum absolute atomic E-state index is 0.701. The van der Waals surface area contributed by atoms with Crippen molar-refractivity contribution in [2.75, 3.05) is 0 Å². The fourth-order valence-electron chi connectivity index (χ4n) is 2.94. The Hall–Kier alpha value is 1.60. The summed E-state index contributed by atoms with van der Waals surface area (Å²) in [6, 6.07) is 0. The van der Waals surface area contributed by atoms with Gasteiger partial charge < -0.3 is 0 Å². The van der Waals surface area contributed by atoms with E-state index in [9.17, 15) is 0 Å². The summed E-state index contributed by atoms with van der Waals surface area (Å²) < 4.78 is 2.87. The molecule has 0 atom stereocenters. The van der Waals surface area contributed by atoms with Gasteiger partial charge in [0.15, 0.2) is 0 Å². The zero-order valence-electron chi connectivity index (χ0n) is 15.1. The van der Waals surface area contributed by atoms with Gasteiger partial charge in [0.05, 0.1) is 0 Å². The molecule has 1 rings (SSSR count). The molecular formula is C18H40Sn2+2. The average Bonchev–Trinajstić information content (AvgIpc) is 2.44. The van der Waals surface area contributed by atoms with E-state index in [1.54, 1.807) is 17.3 Å². The van der Waals surface area contributed by atoms with Gasteiger partial charge in [-0.05, 0) is 0 Å². The summed E-state index contributed by atoms with van der Waals surface area (Å²) in [5.41, 5.74) is 0. The summed E-state index contributed by atoms with van der Waals surface area (Å²) in [4.78, 5) is 10.1. The van der Waals surface area contributed by atoms with E-state index in [4.69, 9.17) is 0 Å². The molecule has 0 saturated heterocycles. The molecule has 0 aromatic heterocycles. The van der Waals surface area contributed by atoms with Crippen LogP contribution in [0, 0.1) is 0 Å². The molecule has 2 heteroatoms. The SMILES string of the molecule is CCCCCCC[CH2][Sn+]([CH3])[CH3].[CH3][Sn+]([CH3])[CH]1CCCCC1. The molecule has 1 fully saturated rings. The molecule has 20 heavy (non-hydrogen) atoms. The van der Waals surface area contributed by atoms with Crippen molar-refractivity contribution in [1.29, 1.82) is 0 Å². The standard InChI is InChI=1S/C8H17.C6H11.4CH3.2Sn/c1-3-5-7-8-6-4-2;1-2-4-6-5-3-1;;;;;;/h1,3-8H2,2H3;1H,2-6H2;4*1H3;;/q;;;;;;2*+1. The van der Waals surface area contributed by atoms with Crippen molar-refractivity contribution < 1.29 is 0 Å². The Labute approximate surface area is 144 Å². The summed E-state index contributed by atoms with van der Waals surface area (Å²) in [5, 5.41) is 0. The maximum absolute atomic E-state index is 2.55. The molecule has 0 unspecified atom stereocenters. The first-order valence-electron chi connectivity index (χ1n) is 9.17. The quantitative estimate of drug-likeness (QED) is 0.248. The van der Waals surface area contributed by atoms with Crippen LogP contribution in [0.4, 0.5) is 0 Å². The molecule has 0 radical (unpaired) electrons. The molecule has 118 valence electrons. The van der Waals surface area contributed by atoms with E-state index < -0.39 is 39.5 Å². The van der Waals surface area contributed by atoms with Crippen LogP contribution in [0.2, 0.25) is 28.1 Å². The Morgan fingerprint density at radius 2 is 1.30 bits per heavy atom. The van der Waals surface area contributed by atoms with E-state index in [2.05, 4.69) is 26.7 Å². The van der Waals surface area contributed by atoms with E-state index in [1.807, 2.05) is 0 Å². The van der Waals surface area contributed by atoms with Gasteiger partial charge in [-0.25, -0.2) is 0 Å². The zero-order valence-corrected chi connectivity index (χ0v) is 20.8. The van der Waals surface area contributed by atoms with Gasteiger partial charge in [0.1, 0.15) is 0 Å². The van der Waals surface area contributed by atoms with Crippen LogP contribution in [0.3, 0.4) is 0 Å². The number of hydrogen-bond donors (Lipinski definition) is 0. The predicted molar refractivity (Wildman–Crippen MR) is 100.0 cm³/mol. The zero-order chi connectivity index (χ0) is 15.2. The van der Waals surface area contributed by atoms with Gasteiger partial charge in [-0.3, -0.25) is 0 Å². The molecule has 0 bridgehead atoms. The molecule has 1 saturated carbocycles. The number of hydrogen-bond acceptors (Lipinski definition) is 0. The van der Waals surface area contributed by atoms with Crippen LogP contribution in [-0.2, 0) is 0 Å². The Balaban J connectivity index is 0.000000367. The second kappa shape index (κ2) is 15.5. The number of unbranched alkanes of at least 4 members (excludes halogenated alkanes) is 5. The predicted octanol–water partition coefficient (Wildman–Crippen LogP) is 7.18. The Morgan fingerprint density at radius 3 is 1.75 bits per heavy atom. The van der Waals surface area contributed by atoms with E-state index in [1.165, 1.54) is 61.7 Å². The van der Waals surface area contributed by atoms with Crippen LogP contribution in [0.15, 0.2) is 0 Å².